The molecular weight excluding hydrogens is 590 g/mol. The van der Waals surface area contributed by atoms with Gasteiger partial charge in [0, 0.05) is 37.1 Å². The lowest BCUT2D eigenvalue weighted by atomic mass is 10.0. The largest absolute Gasteiger partial charge is 0.444 e. The number of alkyl carbamates (subject to hydrolysis) is 1. The van der Waals surface area contributed by atoms with Crippen LogP contribution in [0.5, 0.6) is 0 Å². The number of rotatable bonds is 16. The number of primary amides is 1. The maximum Gasteiger partial charge on any atom is 0.407 e. The molecule has 1 aromatic carbocycles. The van der Waals surface area contributed by atoms with Gasteiger partial charge in [0.1, 0.15) is 12.6 Å². The van der Waals surface area contributed by atoms with Gasteiger partial charge in [-0.05, 0) is 24.8 Å². The van der Waals surface area contributed by atoms with Crippen molar-refractivity contribution in [3.05, 3.63) is 68.6 Å². The molecule has 2 heterocycles. The fourth-order valence-electron chi connectivity index (χ4n) is 4.11. The summed E-state index contributed by atoms with van der Waals surface area (Å²) in [6.45, 7) is 4.83. The Balaban J connectivity index is 1.57. The Labute approximate surface area is 259 Å². The molecule has 0 aliphatic carbocycles. The number of aromatic nitrogens is 2. The van der Waals surface area contributed by atoms with Crippen molar-refractivity contribution in [3.8, 4) is 0 Å². The van der Waals surface area contributed by atoms with Crippen LogP contribution in [0.15, 0.2) is 47.4 Å². The average Bonchev–Trinajstić information content (AvgIpc) is 3.66. The number of urea groups is 1. The topological polar surface area (TPSA) is 169 Å². The van der Waals surface area contributed by atoms with Crippen LogP contribution < -0.4 is 21.7 Å². The van der Waals surface area contributed by atoms with E-state index in [-0.39, 0.29) is 31.5 Å². The molecule has 2 aromatic heterocycles. The summed E-state index contributed by atoms with van der Waals surface area (Å²) in [5, 5.41) is 11.2. The van der Waals surface area contributed by atoms with Crippen molar-refractivity contribution in [3.63, 3.8) is 0 Å². The molecule has 0 aliphatic rings. The standard InChI is InChI=1S/C29H39N7O5S2/c1-19(2)27-34-22(17-42-27)15-36(3)28(39)35-24(13-25(30)37)26(38)33-21(12-20-8-5-4-6-9-20)10-7-11-32-29(40)41-16-23-14-31-18-43-23/h4-6,8-9,14,17-19,21,24H,7,10-13,15-16H2,1-3H3,(H2,30,37)(H,32,40)(H,33,38)(H,35,39)/t21-,24?/m1/s1. The maximum absolute atomic E-state index is 13.4. The molecule has 5 N–H and O–H groups in total. The minimum absolute atomic E-state index is 0.147. The Morgan fingerprint density at radius 1 is 1.09 bits per heavy atom. The summed E-state index contributed by atoms with van der Waals surface area (Å²) in [5.41, 5.74) is 8.84. The van der Waals surface area contributed by atoms with Crippen LogP contribution in [0, 0.1) is 0 Å². The van der Waals surface area contributed by atoms with Crippen LogP contribution in [0.4, 0.5) is 9.59 Å². The van der Waals surface area contributed by atoms with Gasteiger partial charge in [0.05, 0.1) is 34.1 Å². The molecule has 0 fully saturated rings. The Kier molecular flexibility index (Phi) is 13.4. The number of amides is 5. The predicted octanol–water partition coefficient (Wildman–Crippen LogP) is 3.54. The third-order valence-corrected chi connectivity index (χ3v) is 8.28. The van der Waals surface area contributed by atoms with Crippen molar-refractivity contribution in [2.24, 2.45) is 5.73 Å². The monoisotopic (exact) mass is 629 g/mol. The number of nitrogens with zero attached hydrogens (tertiary/aromatic N) is 3. The number of benzene rings is 1. The highest BCUT2D eigenvalue weighted by molar-refractivity contribution is 7.09. The molecule has 0 aliphatic heterocycles. The summed E-state index contributed by atoms with van der Waals surface area (Å²) in [7, 11) is 1.59. The average molecular weight is 630 g/mol. The lowest BCUT2D eigenvalue weighted by Gasteiger charge is -2.25. The van der Waals surface area contributed by atoms with Crippen molar-refractivity contribution in [1.29, 1.82) is 0 Å². The molecular formula is C29H39N7O5S2. The van der Waals surface area contributed by atoms with Crippen LogP contribution in [0.2, 0.25) is 0 Å². The van der Waals surface area contributed by atoms with Gasteiger partial charge in [-0.3, -0.25) is 14.6 Å². The summed E-state index contributed by atoms with van der Waals surface area (Å²) in [4.78, 5) is 60.9. The fourth-order valence-corrected chi connectivity index (χ4v) is 5.44. The summed E-state index contributed by atoms with van der Waals surface area (Å²) in [6, 6.07) is 7.61. The second-order valence-corrected chi connectivity index (χ2v) is 12.2. The van der Waals surface area contributed by atoms with Crippen LogP contribution >= 0.6 is 22.7 Å². The highest BCUT2D eigenvalue weighted by Crippen LogP contribution is 2.20. The number of nitrogens with two attached hydrogens (primary N) is 1. The first-order valence-electron chi connectivity index (χ1n) is 14.0. The van der Waals surface area contributed by atoms with E-state index in [2.05, 4.69) is 25.9 Å². The van der Waals surface area contributed by atoms with Crippen molar-refractivity contribution in [2.75, 3.05) is 13.6 Å². The van der Waals surface area contributed by atoms with E-state index in [1.165, 1.54) is 27.6 Å². The molecule has 5 amide bonds. The van der Waals surface area contributed by atoms with Crippen LogP contribution in [-0.4, -0.2) is 64.5 Å². The SMILES string of the molecule is CC(C)c1nc(CN(C)C(=O)NC(CC(N)=O)C(=O)N[C@H](CCCNC(=O)OCc2cncs2)Cc2ccccc2)cs1. The Morgan fingerprint density at radius 2 is 1.86 bits per heavy atom. The molecule has 3 rings (SSSR count). The molecule has 1 unspecified atom stereocenters. The van der Waals surface area contributed by atoms with Crippen LogP contribution in [-0.2, 0) is 33.9 Å². The maximum atomic E-state index is 13.4. The normalized spacial score (nSPS) is 12.3. The molecule has 0 bridgehead atoms. The van der Waals surface area contributed by atoms with Crippen LogP contribution in [0.1, 0.15) is 60.2 Å². The van der Waals surface area contributed by atoms with Crippen molar-refractivity contribution >= 4 is 46.6 Å². The van der Waals surface area contributed by atoms with Gasteiger partial charge in [0.15, 0.2) is 0 Å². The van der Waals surface area contributed by atoms with Gasteiger partial charge in [0.2, 0.25) is 11.8 Å². The molecule has 3 aromatic rings. The molecule has 0 saturated heterocycles. The molecule has 2 atom stereocenters. The van der Waals surface area contributed by atoms with E-state index in [4.69, 9.17) is 10.5 Å². The van der Waals surface area contributed by atoms with Crippen molar-refractivity contribution in [1.82, 2.24) is 30.8 Å². The van der Waals surface area contributed by atoms with E-state index in [1.807, 2.05) is 49.6 Å². The van der Waals surface area contributed by atoms with Gasteiger partial charge in [0.25, 0.3) is 0 Å². The molecule has 43 heavy (non-hydrogen) atoms. The van der Waals surface area contributed by atoms with E-state index in [0.29, 0.717) is 25.8 Å². The predicted molar refractivity (Wildman–Crippen MR) is 165 cm³/mol. The first kappa shape index (κ1) is 33.5. The van der Waals surface area contributed by atoms with Gasteiger partial charge in [-0.15, -0.1) is 22.7 Å². The second kappa shape index (κ2) is 17.2. The second-order valence-electron chi connectivity index (χ2n) is 10.4. The van der Waals surface area contributed by atoms with Crippen molar-refractivity contribution in [2.45, 2.75) is 70.7 Å². The van der Waals surface area contributed by atoms with Crippen molar-refractivity contribution < 1.29 is 23.9 Å². The minimum Gasteiger partial charge on any atom is -0.444 e. The van der Waals surface area contributed by atoms with E-state index >= 15 is 0 Å². The van der Waals surface area contributed by atoms with E-state index in [9.17, 15) is 19.2 Å². The zero-order valence-electron chi connectivity index (χ0n) is 24.6. The first-order valence-corrected chi connectivity index (χ1v) is 15.7. The number of thiazole rings is 2. The Morgan fingerprint density at radius 3 is 2.51 bits per heavy atom. The van der Waals surface area contributed by atoms with E-state index in [0.717, 1.165) is 21.1 Å². The van der Waals surface area contributed by atoms with Gasteiger partial charge < -0.3 is 31.3 Å². The van der Waals surface area contributed by atoms with Gasteiger partial charge in [-0.2, -0.15) is 0 Å². The zero-order valence-corrected chi connectivity index (χ0v) is 26.2. The summed E-state index contributed by atoms with van der Waals surface area (Å²) >= 11 is 2.93. The van der Waals surface area contributed by atoms with Gasteiger partial charge in [-0.1, -0.05) is 44.2 Å². The molecule has 0 saturated carbocycles. The number of ether oxygens (including phenoxy) is 1. The molecule has 14 heteroatoms. The number of nitrogens with one attached hydrogen (secondary N) is 3. The lowest BCUT2D eigenvalue weighted by Crippen LogP contribution is -2.53. The molecule has 0 spiro atoms. The smallest absolute Gasteiger partial charge is 0.407 e. The Hall–Kier alpha value is -4.04. The van der Waals surface area contributed by atoms with E-state index < -0.39 is 30.0 Å². The van der Waals surface area contributed by atoms with Crippen LogP contribution in [0.3, 0.4) is 0 Å². The quantitative estimate of drug-likeness (QED) is 0.176. The van der Waals surface area contributed by atoms with Gasteiger partial charge in [-0.25, -0.2) is 14.6 Å². The van der Waals surface area contributed by atoms with E-state index in [1.54, 1.807) is 18.8 Å². The number of carbonyl (C=O) groups excluding carboxylic acids is 4. The number of hydrogen-bond donors (Lipinski definition) is 4. The summed E-state index contributed by atoms with van der Waals surface area (Å²) < 4.78 is 5.19. The molecule has 232 valence electrons. The Bertz CT molecular complexity index is 1320. The zero-order chi connectivity index (χ0) is 31.2. The molecule has 12 nitrogen and oxygen atoms in total. The third kappa shape index (κ3) is 12.0. The van der Waals surface area contributed by atoms with Crippen LogP contribution in [0.25, 0.3) is 0 Å². The summed E-state index contributed by atoms with van der Waals surface area (Å²) in [6.07, 6.45) is 2.34. The summed E-state index contributed by atoms with van der Waals surface area (Å²) in [5.74, 6) is -0.955. The number of hydrogen-bond acceptors (Lipinski definition) is 9. The highest BCUT2D eigenvalue weighted by atomic mass is 32.1. The van der Waals surface area contributed by atoms with Gasteiger partial charge >= 0.3 is 12.1 Å². The minimum atomic E-state index is -1.16. The third-order valence-electron chi connectivity index (χ3n) is 6.33. The fraction of sp³-hybridized carbons (Fsp3) is 0.448. The highest BCUT2D eigenvalue weighted by Gasteiger charge is 2.27. The lowest BCUT2D eigenvalue weighted by molar-refractivity contribution is -0.127. The molecule has 0 radical (unpaired) electrons. The first-order chi connectivity index (χ1) is 20.6. The number of carbonyl (C=O) groups is 4.